The maximum atomic E-state index is 12.0. The van der Waals surface area contributed by atoms with Gasteiger partial charge in [0.05, 0.1) is 6.54 Å². The van der Waals surface area contributed by atoms with Gasteiger partial charge in [0.2, 0.25) is 0 Å². The first-order valence-corrected chi connectivity index (χ1v) is 10.0. The van der Waals surface area contributed by atoms with Crippen molar-refractivity contribution in [2.75, 3.05) is 37.7 Å². The topological polar surface area (TPSA) is 77.5 Å². The van der Waals surface area contributed by atoms with Crippen molar-refractivity contribution in [3.8, 4) is 11.5 Å². The molecular weight excluding hydrogens is 412 g/mol. The Labute approximate surface area is 177 Å². The van der Waals surface area contributed by atoms with Crippen LogP contribution in [0.1, 0.15) is 5.56 Å². The van der Waals surface area contributed by atoms with Crippen LogP contribution in [0.4, 0.5) is 5.69 Å². The van der Waals surface area contributed by atoms with Crippen LogP contribution in [0, 0.1) is 0 Å². The number of fused-ring (bicyclic) bond motifs is 1. The molecule has 3 heterocycles. The number of carbonyl (C=O) groups excluding carboxylic acids is 2. The fourth-order valence-electron chi connectivity index (χ4n) is 3.96. The Morgan fingerprint density at radius 2 is 1.67 bits per heavy atom. The van der Waals surface area contributed by atoms with Crippen molar-refractivity contribution < 1.29 is 28.5 Å². The Morgan fingerprint density at radius 1 is 0.933 bits per heavy atom. The Morgan fingerprint density at radius 3 is 2.43 bits per heavy atom. The molecule has 3 aliphatic rings. The molecule has 0 bridgehead atoms. The van der Waals surface area contributed by atoms with Crippen LogP contribution in [0.2, 0.25) is 5.02 Å². The molecule has 0 radical (unpaired) electrons. The zero-order chi connectivity index (χ0) is 20.7. The van der Waals surface area contributed by atoms with Crippen molar-refractivity contribution in [2.24, 2.45) is 0 Å². The van der Waals surface area contributed by atoms with Crippen LogP contribution in [-0.4, -0.2) is 55.6 Å². The molecule has 0 saturated carbocycles. The smallest absolute Gasteiger partial charge is 0.422 e. The van der Waals surface area contributed by atoms with Gasteiger partial charge in [0.1, 0.15) is 13.2 Å². The lowest BCUT2D eigenvalue weighted by atomic mass is 10.1. The second-order valence-electron chi connectivity index (χ2n) is 7.27. The van der Waals surface area contributed by atoms with Gasteiger partial charge < -0.3 is 18.9 Å². The second-order valence-corrected chi connectivity index (χ2v) is 7.68. The van der Waals surface area contributed by atoms with Crippen LogP contribution < -0.4 is 14.4 Å². The van der Waals surface area contributed by atoms with E-state index in [1.165, 1.54) is 0 Å². The van der Waals surface area contributed by atoms with Crippen molar-refractivity contribution in [1.29, 1.82) is 0 Å². The van der Waals surface area contributed by atoms with E-state index < -0.39 is 17.8 Å². The summed E-state index contributed by atoms with van der Waals surface area (Å²) in [5.74, 6) is -2.30. The van der Waals surface area contributed by atoms with Crippen LogP contribution in [0.25, 0.3) is 0 Å². The Hall–Kier alpha value is -2.97. The lowest BCUT2D eigenvalue weighted by Crippen LogP contribution is -2.63. The average Bonchev–Trinajstić information content (AvgIpc) is 3.02. The summed E-state index contributed by atoms with van der Waals surface area (Å²) in [5, 5.41) is 0.654. The van der Waals surface area contributed by atoms with Gasteiger partial charge in [-0.25, -0.2) is 9.59 Å². The molecule has 0 N–H and O–H groups in total. The Balaban J connectivity index is 1.44. The summed E-state index contributed by atoms with van der Waals surface area (Å²) in [7, 11) is 0. The number of hydrogen-bond acceptors (Lipinski definition) is 8. The summed E-state index contributed by atoms with van der Waals surface area (Å²) in [5.41, 5.74) is 1.65. The summed E-state index contributed by atoms with van der Waals surface area (Å²) in [4.78, 5) is 27.8. The molecule has 0 amide bonds. The first-order valence-electron chi connectivity index (χ1n) is 9.63. The molecule has 1 spiro atoms. The van der Waals surface area contributed by atoms with Gasteiger partial charge in [-0.15, -0.1) is 0 Å². The molecule has 0 atom stereocenters. The van der Waals surface area contributed by atoms with Gasteiger partial charge in [0.15, 0.2) is 11.5 Å². The highest BCUT2D eigenvalue weighted by molar-refractivity contribution is 6.31. The zero-order valence-corrected chi connectivity index (χ0v) is 16.8. The first-order chi connectivity index (χ1) is 14.5. The molecule has 2 aromatic rings. The van der Waals surface area contributed by atoms with E-state index in [0.717, 1.165) is 5.56 Å². The lowest BCUT2D eigenvalue weighted by molar-refractivity contribution is -0.193. The summed E-state index contributed by atoms with van der Waals surface area (Å²) in [6.07, 6.45) is 0. The predicted molar refractivity (Wildman–Crippen MR) is 106 cm³/mol. The molecule has 2 saturated heterocycles. The standard InChI is InChI=1S/C21H19ClN2O6/c22-16-4-2-1-3-14(16)12-23-7-8-24(21(13-23)29-19(25)20(26)30-21)15-5-6-17-18(11-15)28-10-9-27-17/h1-6,11H,7-10,12-13H2. The van der Waals surface area contributed by atoms with Gasteiger partial charge in [-0.3, -0.25) is 9.80 Å². The number of ether oxygens (including phenoxy) is 4. The molecule has 0 aliphatic carbocycles. The zero-order valence-electron chi connectivity index (χ0n) is 16.0. The van der Waals surface area contributed by atoms with Crippen molar-refractivity contribution in [3.05, 3.63) is 53.1 Å². The van der Waals surface area contributed by atoms with E-state index in [-0.39, 0.29) is 6.54 Å². The fourth-order valence-corrected chi connectivity index (χ4v) is 4.15. The van der Waals surface area contributed by atoms with Gasteiger partial charge in [-0.2, -0.15) is 0 Å². The highest BCUT2D eigenvalue weighted by Crippen LogP contribution is 2.39. The van der Waals surface area contributed by atoms with E-state index in [0.29, 0.717) is 55.1 Å². The maximum Gasteiger partial charge on any atom is 0.422 e. The Kier molecular flexibility index (Phi) is 4.67. The minimum absolute atomic E-state index is 0.185. The molecule has 5 rings (SSSR count). The van der Waals surface area contributed by atoms with Gasteiger partial charge in [-0.1, -0.05) is 29.8 Å². The summed E-state index contributed by atoms with van der Waals surface area (Å²) in [6.45, 7) is 2.78. The minimum atomic E-state index is -1.54. The number of nitrogens with zero attached hydrogens (tertiary/aromatic N) is 2. The molecule has 2 aromatic carbocycles. The first kappa shape index (κ1) is 19.0. The lowest BCUT2D eigenvalue weighted by Gasteiger charge is -2.46. The fraction of sp³-hybridized carbons (Fsp3) is 0.333. The van der Waals surface area contributed by atoms with Crippen LogP contribution in [0.5, 0.6) is 11.5 Å². The molecular formula is C21H19ClN2O6. The highest BCUT2D eigenvalue weighted by atomic mass is 35.5. The van der Waals surface area contributed by atoms with Gasteiger partial charge >= 0.3 is 17.8 Å². The summed E-state index contributed by atoms with van der Waals surface area (Å²) < 4.78 is 22.2. The predicted octanol–water partition coefficient (Wildman–Crippen LogP) is 2.19. The molecule has 9 heteroatoms. The third-order valence-corrected chi connectivity index (χ3v) is 5.70. The normalized spacial score (nSPS) is 20.2. The van der Waals surface area contributed by atoms with Crippen molar-refractivity contribution in [3.63, 3.8) is 0 Å². The van der Waals surface area contributed by atoms with E-state index in [1.54, 1.807) is 17.0 Å². The van der Waals surface area contributed by atoms with E-state index in [2.05, 4.69) is 0 Å². The SMILES string of the molecule is O=C1OC2(CN(Cc3ccccc3Cl)CCN2c2ccc3c(c2)OCCO3)OC1=O. The average molecular weight is 431 g/mol. The van der Waals surface area contributed by atoms with Crippen molar-refractivity contribution in [1.82, 2.24) is 4.90 Å². The molecule has 0 unspecified atom stereocenters. The maximum absolute atomic E-state index is 12.0. The third kappa shape index (κ3) is 3.32. The Bertz CT molecular complexity index is 997. The third-order valence-electron chi connectivity index (χ3n) is 5.33. The van der Waals surface area contributed by atoms with Gasteiger partial charge in [0, 0.05) is 36.4 Å². The number of esters is 2. The molecule has 0 aromatic heterocycles. The molecule has 3 aliphatic heterocycles. The number of rotatable bonds is 3. The van der Waals surface area contributed by atoms with Crippen LogP contribution in [0.15, 0.2) is 42.5 Å². The number of hydrogen-bond donors (Lipinski definition) is 0. The van der Waals surface area contributed by atoms with Gasteiger partial charge in [-0.05, 0) is 23.8 Å². The molecule has 30 heavy (non-hydrogen) atoms. The minimum Gasteiger partial charge on any atom is -0.486 e. The number of benzene rings is 2. The number of halogens is 1. The number of anilines is 1. The monoisotopic (exact) mass is 430 g/mol. The van der Waals surface area contributed by atoms with E-state index in [1.807, 2.05) is 35.2 Å². The molecule has 156 valence electrons. The largest absolute Gasteiger partial charge is 0.486 e. The van der Waals surface area contributed by atoms with Crippen molar-refractivity contribution >= 4 is 29.2 Å². The van der Waals surface area contributed by atoms with E-state index in [4.69, 9.17) is 30.5 Å². The van der Waals surface area contributed by atoms with Crippen LogP contribution in [-0.2, 0) is 25.6 Å². The van der Waals surface area contributed by atoms with E-state index >= 15 is 0 Å². The molecule has 2 fully saturated rings. The summed E-state index contributed by atoms with van der Waals surface area (Å²) in [6, 6.07) is 13.0. The van der Waals surface area contributed by atoms with E-state index in [9.17, 15) is 9.59 Å². The number of carbonyl (C=O) groups is 2. The highest BCUT2D eigenvalue weighted by Gasteiger charge is 2.56. The van der Waals surface area contributed by atoms with Crippen LogP contribution in [0.3, 0.4) is 0 Å². The van der Waals surface area contributed by atoms with Crippen molar-refractivity contribution in [2.45, 2.75) is 12.5 Å². The number of piperazine rings is 1. The molecule has 8 nitrogen and oxygen atoms in total. The van der Waals surface area contributed by atoms with Gasteiger partial charge in [0.25, 0.3) is 0 Å². The summed E-state index contributed by atoms with van der Waals surface area (Å²) >= 11 is 6.30. The second kappa shape index (κ2) is 7.37. The van der Waals surface area contributed by atoms with Crippen LogP contribution >= 0.6 is 11.6 Å². The quantitative estimate of drug-likeness (QED) is 0.541.